The molecule has 0 radical (unpaired) electrons. The van der Waals surface area contributed by atoms with E-state index in [-0.39, 0.29) is 15.7 Å². The van der Waals surface area contributed by atoms with Crippen LogP contribution in [0.25, 0.3) is 11.1 Å². The fourth-order valence-corrected chi connectivity index (χ4v) is 3.76. The molecule has 122 valence electrons. The smallest absolute Gasteiger partial charge is 0.272 e. The summed E-state index contributed by atoms with van der Waals surface area (Å²) in [5, 5.41) is 11.3. The van der Waals surface area contributed by atoms with Gasteiger partial charge in [-0.05, 0) is 25.0 Å². The number of benzene rings is 2. The molecule has 0 atom stereocenters. The van der Waals surface area contributed by atoms with Crippen LogP contribution in [0.4, 0.5) is 10.1 Å². The highest BCUT2D eigenvalue weighted by Crippen LogP contribution is 2.57. The molecule has 1 saturated carbocycles. The third-order valence-corrected chi connectivity index (χ3v) is 4.82. The molecular weight excluding hydrogens is 358 g/mol. The lowest BCUT2D eigenvalue weighted by atomic mass is 9.95. The van der Waals surface area contributed by atoms with Crippen LogP contribution >= 0.6 is 23.2 Å². The summed E-state index contributed by atoms with van der Waals surface area (Å²) in [7, 11) is 0. The molecule has 4 rings (SSSR count). The third-order valence-electron chi connectivity index (χ3n) is 4.23. The van der Waals surface area contributed by atoms with E-state index >= 15 is 0 Å². The zero-order valence-electron chi connectivity index (χ0n) is 12.1. The van der Waals surface area contributed by atoms with Crippen molar-refractivity contribution in [3.8, 4) is 0 Å². The van der Waals surface area contributed by atoms with Crippen molar-refractivity contribution in [2.24, 2.45) is 0 Å². The summed E-state index contributed by atoms with van der Waals surface area (Å²) in [5.74, 6) is -0.0257. The lowest BCUT2D eigenvalue weighted by Gasteiger charge is -2.15. The van der Waals surface area contributed by atoms with E-state index in [0.717, 1.165) is 0 Å². The zero-order valence-corrected chi connectivity index (χ0v) is 13.6. The normalized spacial score (nSPS) is 15.6. The van der Waals surface area contributed by atoms with Crippen molar-refractivity contribution >= 4 is 40.0 Å². The van der Waals surface area contributed by atoms with Gasteiger partial charge in [-0.25, -0.2) is 9.37 Å². The van der Waals surface area contributed by atoms with Crippen molar-refractivity contribution in [1.29, 1.82) is 0 Å². The second-order valence-corrected chi connectivity index (χ2v) is 6.57. The molecule has 8 heteroatoms. The van der Waals surface area contributed by atoms with Crippen molar-refractivity contribution in [1.82, 2.24) is 4.98 Å². The maximum atomic E-state index is 13.3. The maximum absolute atomic E-state index is 13.3. The highest BCUT2D eigenvalue weighted by Gasteiger charge is 2.53. The molecule has 1 fully saturated rings. The van der Waals surface area contributed by atoms with Crippen LogP contribution in [0.3, 0.4) is 0 Å². The number of hydrogen-bond acceptors (Lipinski definition) is 4. The SMILES string of the molecule is O=[N+]([O-])c1cc(Cl)c(C2(c3nc4ccc(F)cc4o3)CC2)c(Cl)c1. The molecule has 1 aliphatic rings. The Morgan fingerprint density at radius 3 is 2.46 bits per heavy atom. The van der Waals surface area contributed by atoms with Crippen molar-refractivity contribution in [2.45, 2.75) is 18.3 Å². The standard InChI is InChI=1S/C16H9Cl2FN2O3/c17-10-6-9(21(22)23)7-11(18)14(10)16(3-4-16)15-20-12-2-1-8(19)5-13(12)24-15/h1-2,5-7H,3-4H2. The number of hydrogen-bond donors (Lipinski definition) is 0. The monoisotopic (exact) mass is 366 g/mol. The van der Waals surface area contributed by atoms with Crippen LogP contribution < -0.4 is 0 Å². The van der Waals surface area contributed by atoms with Gasteiger partial charge in [0.15, 0.2) is 5.58 Å². The molecule has 0 spiro atoms. The predicted octanol–water partition coefficient (Wildman–Crippen LogP) is 5.26. The summed E-state index contributed by atoms with van der Waals surface area (Å²) in [6.45, 7) is 0. The average molecular weight is 367 g/mol. The second-order valence-electron chi connectivity index (χ2n) is 5.75. The van der Waals surface area contributed by atoms with E-state index in [2.05, 4.69) is 4.98 Å². The Morgan fingerprint density at radius 1 is 1.21 bits per heavy atom. The number of oxazole rings is 1. The molecule has 2 aromatic carbocycles. The number of halogens is 3. The number of non-ortho nitro benzene ring substituents is 1. The van der Waals surface area contributed by atoms with Crippen molar-refractivity contribution in [2.75, 3.05) is 0 Å². The minimum Gasteiger partial charge on any atom is -0.440 e. The Morgan fingerprint density at radius 2 is 1.88 bits per heavy atom. The molecule has 0 bridgehead atoms. The Balaban J connectivity index is 1.87. The molecule has 0 saturated heterocycles. The van der Waals surface area contributed by atoms with Crippen LogP contribution in [0.15, 0.2) is 34.7 Å². The molecule has 1 heterocycles. The number of nitrogens with zero attached hydrogens (tertiary/aromatic N) is 2. The van der Waals surface area contributed by atoms with Gasteiger partial charge < -0.3 is 4.42 Å². The number of fused-ring (bicyclic) bond motifs is 1. The van der Waals surface area contributed by atoms with Gasteiger partial charge in [0.1, 0.15) is 11.3 Å². The molecule has 1 aliphatic carbocycles. The summed E-state index contributed by atoms with van der Waals surface area (Å²) < 4.78 is 19.1. The van der Waals surface area contributed by atoms with E-state index in [1.54, 1.807) is 0 Å². The van der Waals surface area contributed by atoms with Crippen molar-refractivity contribution < 1.29 is 13.7 Å². The van der Waals surface area contributed by atoms with Gasteiger partial charge in [-0.15, -0.1) is 0 Å². The molecule has 1 aromatic heterocycles. The molecular formula is C16H9Cl2FN2O3. The van der Waals surface area contributed by atoms with Crippen LogP contribution in [0.1, 0.15) is 24.3 Å². The molecule has 0 N–H and O–H groups in total. The van der Waals surface area contributed by atoms with Crippen LogP contribution in [-0.4, -0.2) is 9.91 Å². The van der Waals surface area contributed by atoms with Crippen LogP contribution in [0, 0.1) is 15.9 Å². The predicted molar refractivity (Wildman–Crippen MR) is 87.1 cm³/mol. The Labute approximate surface area is 145 Å². The maximum Gasteiger partial charge on any atom is 0.272 e. The van der Waals surface area contributed by atoms with Gasteiger partial charge in [0.25, 0.3) is 5.69 Å². The van der Waals surface area contributed by atoms with E-state index in [1.165, 1.54) is 30.3 Å². The van der Waals surface area contributed by atoms with Gasteiger partial charge in [0, 0.05) is 23.8 Å². The topological polar surface area (TPSA) is 69.2 Å². The summed E-state index contributed by atoms with van der Waals surface area (Å²) in [4.78, 5) is 14.8. The first-order valence-corrected chi connectivity index (χ1v) is 7.87. The minimum absolute atomic E-state index is 0.177. The quantitative estimate of drug-likeness (QED) is 0.468. The Hall–Kier alpha value is -2.18. The fraction of sp³-hybridized carbons (Fsp3) is 0.188. The zero-order chi connectivity index (χ0) is 17.1. The number of nitro groups is 1. The first-order chi connectivity index (χ1) is 11.4. The highest BCUT2D eigenvalue weighted by molar-refractivity contribution is 6.36. The summed E-state index contributed by atoms with van der Waals surface area (Å²) in [5.41, 5.74) is 0.628. The van der Waals surface area contributed by atoms with Gasteiger partial charge in [-0.1, -0.05) is 23.2 Å². The van der Waals surface area contributed by atoms with Gasteiger partial charge in [0.05, 0.1) is 20.4 Å². The lowest BCUT2D eigenvalue weighted by molar-refractivity contribution is -0.384. The third kappa shape index (κ3) is 2.25. The first kappa shape index (κ1) is 15.4. The summed E-state index contributed by atoms with van der Waals surface area (Å²) in [6, 6.07) is 6.64. The number of aromatic nitrogens is 1. The van der Waals surface area contributed by atoms with Gasteiger partial charge in [-0.2, -0.15) is 0 Å². The number of rotatable bonds is 3. The van der Waals surface area contributed by atoms with Crippen LogP contribution in [-0.2, 0) is 5.41 Å². The average Bonchev–Trinajstić information content (AvgIpc) is 3.19. The van der Waals surface area contributed by atoms with Gasteiger partial charge in [0.2, 0.25) is 5.89 Å². The van der Waals surface area contributed by atoms with Gasteiger partial charge >= 0.3 is 0 Å². The molecule has 0 amide bonds. The van der Waals surface area contributed by atoms with Crippen LogP contribution in [0.2, 0.25) is 10.0 Å². The minimum atomic E-state index is -0.626. The lowest BCUT2D eigenvalue weighted by Crippen LogP contribution is -2.11. The summed E-state index contributed by atoms with van der Waals surface area (Å²) in [6.07, 6.45) is 1.39. The van der Waals surface area contributed by atoms with E-state index in [4.69, 9.17) is 27.6 Å². The first-order valence-electron chi connectivity index (χ1n) is 7.11. The van der Waals surface area contributed by atoms with Crippen molar-refractivity contribution in [3.05, 3.63) is 67.8 Å². The molecule has 3 aromatic rings. The Kier molecular flexibility index (Phi) is 3.30. The van der Waals surface area contributed by atoms with E-state index in [1.807, 2.05) is 0 Å². The van der Waals surface area contributed by atoms with Crippen molar-refractivity contribution in [3.63, 3.8) is 0 Å². The van der Waals surface area contributed by atoms with E-state index in [0.29, 0.717) is 35.4 Å². The number of nitro benzene ring substituents is 1. The molecule has 5 nitrogen and oxygen atoms in total. The second kappa shape index (κ2) is 5.16. The Bertz CT molecular complexity index is 975. The van der Waals surface area contributed by atoms with Gasteiger partial charge in [-0.3, -0.25) is 10.1 Å². The molecule has 0 unspecified atom stereocenters. The molecule has 0 aliphatic heterocycles. The van der Waals surface area contributed by atoms with E-state index < -0.39 is 16.2 Å². The van der Waals surface area contributed by atoms with E-state index in [9.17, 15) is 14.5 Å². The summed E-state index contributed by atoms with van der Waals surface area (Å²) >= 11 is 12.5. The largest absolute Gasteiger partial charge is 0.440 e. The molecule has 24 heavy (non-hydrogen) atoms. The highest BCUT2D eigenvalue weighted by atomic mass is 35.5. The van der Waals surface area contributed by atoms with Crippen LogP contribution in [0.5, 0.6) is 0 Å². The fourth-order valence-electron chi connectivity index (χ4n) is 2.92.